The van der Waals surface area contributed by atoms with Crippen molar-refractivity contribution >= 4 is 23.5 Å². The fraction of sp³-hybridized carbons (Fsp3) is 0.643. The smallest absolute Gasteiger partial charge is 0.305 e. The molecule has 0 aromatic carbocycles. The quantitative estimate of drug-likeness (QED) is 0.849. The second-order valence-corrected chi connectivity index (χ2v) is 6.03. The van der Waals surface area contributed by atoms with Crippen LogP contribution in [-0.2, 0) is 20.9 Å². The summed E-state index contributed by atoms with van der Waals surface area (Å²) in [5.74, 6) is -1.21. The van der Waals surface area contributed by atoms with Crippen molar-refractivity contribution in [3.05, 3.63) is 16.4 Å². The highest BCUT2D eigenvalue weighted by atomic mass is 35.5. The van der Waals surface area contributed by atoms with Gasteiger partial charge in [-0.1, -0.05) is 11.6 Å². The van der Waals surface area contributed by atoms with Crippen LogP contribution in [-0.4, -0.2) is 45.5 Å². The third kappa shape index (κ3) is 3.78. The third-order valence-corrected chi connectivity index (χ3v) is 4.48. The van der Waals surface area contributed by atoms with Gasteiger partial charge in [-0.25, -0.2) is 0 Å². The highest BCUT2D eigenvalue weighted by Gasteiger charge is 2.36. The molecule has 22 heavy (non-hydrogen) atoms. The van der Waals surface area contributed by atoms with Gasteiger partial charge in [0.25, 0.3) is 0 Å². The number of ether oxygens (including phenoxy) is 1. The van der Waals surface area contributed by atoms with Gasteiger partial charge in [0.2, 0.25) is 5.91 Å². The Bertz CT molecular complexity index is 579. The summed E-state index contributed by atoms with van der Waals surface area (Å²) in [7, 11) is 0. The van der Waals surface area contributed by atoms with Crippen molar-refractivity contribution in [2.24, 2.45) is 0 Å². The molecular formula is C14H20ClN3O4. The lowest BCUT2D eigenvalue weighted by Gasteiger charge is -2.36. The maximum absolute atomic E-state index is 12.3. The molecule has 1 amide bonds. The van der Waals surface area contributed by atoms with Crippen LogP contribution in [0, 0.1) is 13.8 Å². The number of carboxylic acids is 1. The standard InChI is InChI=1S/C14H20ClN3O4/c1-9-13(15)10(2)18(17-9)8-11(19)16-14(7-12(20)21)3-5-22-6-4-14/h3-8H2,1-2H3,(H,16,19)(H,20,21). The molecule has 1 fully saturated rings. The fourth-order valence-electron chi connectivity index (χ4n) is 2.70. The van der Waals surface area contributed by atoms with Crippen LogP contribution in [0.1, 0.15) is 30.7 Å². The predicted octanol–water partition coefficient (Wildman–Crippen LogP) is 1.29. The molecule has 122 valence electrons. The number of hydrogen-bond donors (Lipinski definition) is 2. The van der Waals surface area contributed by atoms with E-state index >= 15 is 0 Å². The summed E-state index contributed by atoms with van der Waals surface area (Å²) in [6.45, 7) is 4.46. The molecule has 2 heterocycles. The predicted molar refractivity (Wildman–Crippen MR) is 79.9 cm³/mol. The molecule has 1 aliphatic rings. The number of hydrogen-bond acceptors (Lipinski definition) is 4. The minimum absolute atomic E-state index is 0.0155. The van der Waals surface area contributed by atoms with Gasteiger partial charge in [-0.15, -0.1) is 0 Å². The average Bonchev–Trinajstić information content (AvgIpc) is 2.66. The molecule has 0 spiro atoms. The number of nitrogens with zero attached hydrogens (tertiary/aromatic N) is 2. The minimum Gasteiger partial charge on any atom is -0.481 e. The molecular weight excluding hydrogens is 310 g/mol. The van der Waals surface area contributed by atoms with Gasteiger partial charge >= 0.3 is 5.97 Å². The average molecular weight is 330 g/mol. The summed E-state index contributed by atoms with van der Waals surface area (Å²) in [5, 5.41) is 16.7. The Labute approximate surface area is 133 Å². The van der Waals surface area contributed by atoms with E-state index in [0.717, 1.165) is 0 Å². The zero-order valence-corrected chi connectivity index (χ0v) is 13.4. The zero-order valence-electron chi connectivity index (χ0n) is 12.7. The van der Waals surface area contributed by atoms with Gasteiger partial charge < -0.3 is 15.2 Å². The van der Waals surface area contributed by atoms with Gasteiger partial charge in [-0.05, 0) is 26.7 Å². The molecule has 2 N–H and O–H groups in total. The van der Waals surface area contributed by atoms with Crippen molar-refractivity contribution in [1.82, 2.24) is 15.1 Å². The molecule has 0 saturated carbocycles. The van der Waals surface area contributed by atoms with Crippen molar-refractivity contribution in [2.45, 2.75) is 45.2 Å². The van der Waals surface area contributed by atoms with Gasteiger partial charge in [-0.3, -0.25) is 14.3 Å². The normalized spacial score (nSPS) is 17.2. The van der Waals surface area contributed by atoms with E-state index in [0.29, 0.717) is 42.5 Å². The maximum atomic E-state index is 12.3. The number of aromatic nitrogens is 2. The summed E-state index contributed by atoms with van der Waals surface area (Å²) in [6, 6.07) is 0. The molecule has 2 rings (SSSR count). The lowest BCUT2D eigenvalue weighted by atomic mass is 9.86. The van der Waals surface area contributed by atoms with E-state index in [9.17, 15) is 9.59 Å². The van der Waals surface area contributed by atoms with Crippen molar-refractivity contribution in [2.75, 3.05) is 13.2 Å². The van der Waals surface area contributed by atoms with E-state index < -0.39 is 11.5 Å². The molecule has 0 unspecified atom stereocenters. The van der Waals surface area contributed by atoms with Crippen LogP contribution >= 0.6 is 11.6 Å². The van der Waals surface area contributed by atoms with Crippen LogP contribution in [0.3, 0.4) is 0 Å². The molecule has 0 bridgehead atoms. The summed E-state index contributed by atoms with van der Waals surface area (Å²) in [6.07, 6.45) is 0.867. The molecule has 0 radical (unpaired) electrons. The molecule has 1 aliphatic heterocycles. The second kappa shape index (κ2) is 6.66. The molecule has 1 saturated heterocycles. The molecule has 1 aromatic rings. The summed E-state index contributed by atoms with van der Waals surface area (Å²) >= 11 is 6.06. The zero-order chi connectivity index (χ0) is 16.3. The van der Waals surface area contributed by atoms with Crippen LogP contribution < -0.4 is 5.32 Å². The number of halogens is 1. The van der Waals surface area contributed by atoms with Gasteiger partial charge in [0, 0.05) is 13.2 Å². The number of carbonyl (C=O) groups is 2. The van der Waals surface area contributed by atoms with E-state index in [1.807, 2.05) is 0 Å². The Balaban J connectivity index is 2.07. The van der Waals surface area contributed by atoms with Crippen molar-refractivity contribution < 1.29 is 19.4 Å². The number of carboxylic acid groups (broad SMARTS) is 1. The van der Waals surface area contributed by atoms with E-state index in [-0.39, 0.29) is 18.9 Å². The first kappa shape index (κ1) is 16.8. The third-order valence-electron chi connectivity index (χ3n) is 3.93. The maximum Gasteiger partial charge on any atom is 0.305 e. The molecule has 7 nitrogen and oxygen atoms in total. The van der Waals surface area contributed by atoms with Crippen molar-refractivity contribution in [3.8, 4) is 0 Å². The van der Waals surface area contributed by atoms with Gasteiger partial charge in [0.05, 0.1) is 28.4 Å². The SMILES string of the molecule is Cc1nn(CC(=O)NC2(CC(=O)O)CCOCC2)c(C)c1Cl. The number of nitrogens with one attached hydrogen (secondary N) is 1. The van der Waals surface area contributed by atoms with E-state index in [1.54, 1.807) is 13.8 Å². The first-order valence-corrected chi connectivity index (χ1v) is 7.51. The van der Waals surface area contributed by atoms with Gasteiger partial charge in [0.15, 0.2) is 0 Å². The number of aliphatic carboxylic acids is 1. The highest BCUT2D eigenvalue weighted by molar-refractivity contribution is 6.31. The largest absolute Gasteiger partial charge is 0.481 e. The minimum atomic E-state index is -0.934. The fourth-order valence-corrected chi connectivity index (χ4v) is 2.83. The molecule has 8 heteroatoms. The number of amides is 1. The summed E-state index contributed by atoms with van der Waals surface area (Å²) in [5.41, 5.74) is 0.632. The summed E-state index contributed by atoms with van der Waals surface area (Å²) < 4.78 is 6.79. The van der Waals surface area contributed by atoms with E-state index in [4.69, 9.17) is 21.4 Å². The van der Waals surface area contributed by atoms with Gasteiger partial charge in [-0.2, -0.15) is 5.10 Å². The van der Waals surface area contributed by atoms with Crippen molar-refractivity contribution in [3.63, 3.8) is 0 Å². The lowest BCUT2D eigenvalue weighted by Crippen LogP contribution is -2.54. The summed E-state index contributed by atoms with van der Waals surface area (Å²) in [4.78, 5) is 23.4. The molecule has 0 atom stereocenters. The number of aryl methyl sites for hydroxylation is 1. The molecule has 0 aliphatic carbocycles. The van der Waals surface area contributed by atoms with E-state index in [1.165, 1.54) is 4.68 Å². The Morgan fingerprint density at radius 1 is 1.41 bits per heavy atom. The first-order chi connectivity index (χ1) is 10.3. The monoisotopic (exact) mass is 329 g/mol. The Hall–Kier alpha value is -1.60. The topological polar surface area (TPSA) is 93.5 Å². The highest BCUT2D eigenvalue weighted by Crippen LogP contribution is 2.25. The van der Waals surface area contributed by atoms with E-state index in [2.05, 4.69) is 10.4 Å². The van der Waals surface area contributed by atoms with Crippen LogP contribution in [0.4, 0.5) is 0 Å². The second-order valence-electron chi connectivity index (χ2n) is 5.65. The Morgan fingerprint density at radius 3 is 2.55 bits per heavy atom. The molecule has 1 aromatic heterocycles. The van der Waals surface area contributed by atoms with Gasteiger partial charge in [0.1, 0.15) is 6.54 Å². The van der Waals surface area contributed by atoms with Crippen molar-refractivity contribution in [1.29, 1.82) is 0 Å². The lowest BCUT2D eigenvalue weighted by molar-refractivity contribution is -0.140. The number of rotatable bonds is 5. The van der Waals surface area contributed by atoms with Crippen LogP contribution in [0.15, 0.2) is 0 Å². The van der Waals surface area contributed by atoms with Crippen LogP contribution in [0.2, 0.25) is 5.02 Å². The van der Waals surface area contributed by atoms with Crippen LogP contribution in [0.5, 0.6) is 0 Å². The van der Waals surface area contributed by atoms with Crippen LogP contribution in [0.25, 0.3) is 0 Å². The first-order valence-electron chi connectivity index (χ1n) is 7.13. The Kier molecular flexibility index (Phi) is 5.08. The Morgan fingerprint density at radius 2 is 2.05 bits per heavy atom. The number of carbonyl (C=O) groups excluding carboxylic acids is 1.